The van der Waals surface area contributed by atoms with E-state index in [0.29, 0.717) is 6.54 Å². The molecule has 1 amide bonds. The number of carbonyl (C=O) groups is 1. The van der Waals surface area contributed by atoms with Crippen LogP contribution in [0.2, 0.25) is 0 Å². The van der Waals surface area contributed by atoms with Crippen molar-refractivity contribution < 1.29 is 4.79 Å². The second kappa shape index (κ2) is 5.36. The van der Waals surface area contributed by atoms with Gasteiger partial charge < -0.3 is 15.2 Å². The number of rotatable bonds is 3. The maximum Gasteiger partial charge on any atom is 0.252 e. The highest BCUT2D eigenvalue weighted by Crippen LogP contribution is 2.25. The van der Waals surface area contributed by atoms with E-state index in [9.17, 15) is 4.79 Å². The Morgan fingerprint density at radius 2 is 2.40 bits per heavy atom. The zero-order valence-corrected chi connectivity index (χ0v) is 11.5. The van der Waals surface area contributed by atoms with Gasteiger partial charge in [0.05, 0.1) is 6.54 Å². The van der Waals surface area contributed by atoms with Gasteiger partial charge >= 0.3 is 0 Å². The summed E-state index contributed by atoms with van der Waals surface area (Å²) in [6.07, 6.45) is 5.62. The maximum atomic E-state index is 12.3. The van der Waals surface area contributed by atoms with Gasteiger partial charge in [0, 0.05) is 37.2 Å². The molecule has 20 heavy (non-hydrogen) atoms. The molecule has 0 aliphatic carbocycles. The molecule has 0 saturated carbocycles. The van der Waals surface area contributed by atoms with Crippen LogP contribution >= 0.6 is 0 Å². The van der Waals surface area contributed by atoms with Gasteiger partial charge in [0.25, 0.3) is 5.91 Å². The van der Waals surface area contributed by atoms with Gasteiger partial charge in [-0.3, -0.25) is 4.79 Å². The lowest BCUT2D eigenvalue weighted by molar-refractivity contribution is 0.0948. The summed E-state index contributed by atoms with van der Waals surface area (Å²) >= 11 is 0. The normalized spacial score (nSPS) is 13.4. The van der Waals surface area contributed by atoms with Crippen LogP contribution in [0.25, 0.3) is 0 Å². The first-order valence-electron chi connectivity index (χ1n) is 6.86. The Labute approximate surface area is 118 Å². The van der Waals surface area contributed by atoms with Crippen LogP contribution in [0.3, 0.4) is 0 Å². The van der Waals surface area contributed by atoms with Crippen LogP contribution in [0.15, 0.2) is 30.6 Å². The molecule has 0 spiro atoms. The Kier molecular flexibility index (Phi) is 3.41. The number of carbonyl (C=O) groups excluding carboxylic acids is 1. The summed E-state index contributed by atoms with van der Waals surface area (Å²) < 4.78 is 1.91. The Morgan fingerprint density at radius 3 is 3.20 bits per heavy atom. The summed E-state index contributed by atoms with van der Waals surface area (Å²) in [5.74, 6) is 0.815. The number of benzene rings is 1. The summed E-state index contributed by atoms with van der Waals surface area (Å²) in [6.45, 7) is 1.42. The zero-order chi connectivity index (χ0) is 13.9. The van der Waals surface area contributed by atoms with E-state index in [-0.39, 0.29) is 5.91 Å². The van der Waals surface area contributed by atoms with Gasteiger partial charge in [-0.15, -0.1) is 0 Å². The van der Waals surface area contributed by atoms with E-state index in [0.717, 1.165) is 42.0 Å². The van der Waals surface area contributed by atoms with Gasteiger partial charge in [-0.1, -0.05) is 6.07 Å². The lowest BCUT2D eigenvalue weighted by Crippen LogP contribution is -2.26. The Bertz CT molecular complexity index is 633. The second-order valence-corrected chi connectivity index (χ2v) is 5.00. The molecule has 2 N–H and O–H groups in total. The average molecular weight is 270 g/mol. The summed E-state index contributed by atoms with van der Waals surface area (Å²) in [4.78, 5) is 16.6. The fourth-order valence-electron chi connectivity index (χ4n) is 2.54. The van der Waals surface area contributed by atoms with Gasteiger partial charge in [0.1, 0.15) is 5.82 Å². The molecule has 3 rings (SSSR count). The van der Waals surface area contributed by atoms with Gasteiger partial charge in [-0.25, -0.2) is 4.98 Å². The van der Waals surface area contributed by atoms with Crippen LogP contribution in [-0.2, 0) is 20.0 Å². The third kappa shape index (κ3) is 2.39. The molecular formula is C15H18N4O. The van der Waals surface area contributed by atoms with E-state index in [2.05, 4.69) is 15.6 Å². The Hall–Kier alpha value is -2.30. The number of nitrogens with zero attached hydrogens (tertiary/aromatic N) is 2. The van der Waals surface area contributed by atoms with Gasteiger partial charge in [0.15, 0.2) is 0 Å². The Morgan fingerprint density at radius 1 is 1.50 bits per heavy atom. The van der Waals surface area contributed by atoms with Gasteiger partial charge in [-0.2, -0.15) is 0 Å². The first-order valence-corrected chi connectivity index (χ1v) is 6.86. The van der Waals surface area contributed by atoms with Crippen LogP contribution in [0.4, 0.5) is 5.69 Å². The fraction of sp³-hybridized carbons (Fsp3) is 0.333. The van der Waals surface area contributed by atoms with Crippen molar-refractivity contribution in [1.29, 1.82) is 0 Å². The molecule has 1 aromatic carbocycles. The standard InChI is InChI=1S/C15H18N4O/c1-19-9-8-17-14(19)10-18-15(20)12-4-2-6-13-11(12)5-3-7-16-13/h2,4,6,8-9,16H,3,5,7,10H2,1H3,(H,18,20). The van der Waals surface area contributed by atoms with Crippen molar-refractivity contribution >= 4 is 11.6 Å². The largest absolute Gasteiger partial charge is 0.385 e. The molecule has 104 valence electrons. The molecule has 0 bridgehead atoms. The van der Waals surface area contributed by atoms with Crippen molar-refractivity contribution in [3.05, 3.63) is 47.5 Å². The average Bonchev–Trinajstić information content (AvgIpc) is 2.89. The predicted molar refractivity (Wildman–Crippen MR) is 77.6 cm³/mol. The van der Waals surface area contributed by atoms with Gasteiger partial charge in [-0.05, 0) is 30.5 Å². The van der Waals surface area contributed by atoms with Gasteiger partial charge in [0.2, 0.25) is 0 Å². The zero-order valence-electron chi connectivity index (χ0n) is 11.5. The quantitative estimate of drug-likeness (QED) is 0.892. The summed E-state index contributed by atoms with van der Waals surface area (Å²) in [5, 5.41) is 6.28. The van der Waals surface area contributed by atoms with Crippen molar-refractivity contribution in [2.24, 2.45) is 7.05 Å². The van der Waals surface area contributed by atoms with E-state index < -0.39 is 0 Å². The lowest BCUT2D eigenvalue weighted by Gasteiger charge is -2.20. The number of hydrogen-bond donors (Lipinski definition) is 2. The predicted octanol–water partition coefficient (Wildman–Crippen LogP) is 1.71. The summed E-state index contributed by atoms with van der Waals surface area (Å²) in [5.41, 5.74) is 2.97. The number of nitrogens with one attached hydrogen (secondary N) is 2. The fourth-order valence-corrected chi connectivity index (χ4v) is 2.54. The van der Waals surface area contributed by atoms with Crippen LogP contribution in [-0.4, -0.2) is 22.0 Å². The molecule has 0 fully saturated rings. The SMILES string of the molecule is Cn1ccnc1CNC(=O)c1cccc2c1CCCN2. The molecule has 2 heterocycles. The number of aryl methyl sites for hydroxylation is 1. The summed E-state index contributed by atoms with van der Waals surface area (Å²) in [7, 11) is 1.92. The van der Waals surface area contributed by atoms with Crippen LogP contribution in [0.5, 0.6) is 0 Å². The molecule has 1 aliphatic rings. The van der Waals surface area contributed by atoms with Crippen LogP contribution < -0.4 is 10.6 Å². The summed E-state index contributed by atoms with van der Waals surface area (Å²) in [6, 6.07) is 5.84. The topological polar surface area (TPSA) is 59.0 Å². The monoisotopic (exact) mass is 270 g/mol. The number of anilines is 1. The van der Waals surface area contributed by atoms with E-state index in [4.69, 9.17) is 0 Å². The third-order valence-corrected chi connectivity index (χ3v) is 3.67. The van der Waals surface area contributed by atoms with E-state index in [1.807, 2.05) is 36.0 Å². The molecule has 0 unspecified atom stereocenters. The molecule has 0 saturated heterocycles. The minimum absolute atomic E-state index is 0.0337. The molecular weight excluding hydrogens is 252 g/mol. The lowest BCUT2D eigenvalue weighted by atomic mass is 9.97. The number of amides is 1. The highest BCUT2D eigenvalue weighted by atomic mass is 16.1. The Balaban J connectivity index is 1.76. The van der Waals surface area contributed by atoms with Crippen molar-refractivity contribution in [3.8, 4) is 0 Å². The van der Waals surface area contributed by atoms with Crippen LogP contribution in [0.1, 0.15) is 28.2 Å². The first-order chi connectivity index (χ1) is 9.75. The molecule has 1 aliphatic heterocycles. The van der Waals surface area contributed by atoms with Crippen molar-refractivity contribution in [1.82, 2.24) is 14.9 Å². The van der Waals surface area contributed by atoms with Crippen molar-refractivity contribution in [2.75, 3.05) is 11.9 Å². The van der Waals surface area contributed by atoms with Crippen LogP contribution in [0, 0.1) is 0 Å². The minimum Gasteiger partial charge on any atom is -0.385 e. The van der Waals surface area contributed by atoms with E-state index in [1.54, 1.807) is 6.20 Å². The highest BCUT2D eigenvalue weighted by Gasteiger charge is 2.17. The second-order valence-electron chi connectivity index (χ2n) is 5.00. The molecule has 2 aromatic rings. The molecule has 0 radical (unpaired) electrons. The first kappa shape index (κ1) is 12.7. The van der Waals surface area contributed by atoms with E-state index >= 15 is 0 Å². The highest BCUT2D eigenvalue weighted by molar-refractivity contribution is 5.97. The number of imidazole rings is 1. The molecule has 5 nitrogen and oxygen atoms in total. The maximum absolute atomic E-state index is 12.3. The molecule has 5 heteroatoms. The smallest absolute Gasteiger partial charge is 0.252 e. The molecule has 1 aromatic heterocycles. The number of hydrogen-bond acceptors (Lipinski definition) is 3. The van der Waals surface area contributed by atoms with Crippen molar-refractivity contribution in [2.45, 2.75) is 19.4 Å². The van der Waals surface area contributed by atoms with E-state index in [1.165, 1.54) is 0 Å². The number of fused-ring (bicyclic) bond motifs is 1. The number of aromatic nitrogens is 2. The molecule has 0 atom stereocenters. The minimum atomic E-state index is -0.0337. The third-order valence-electron chi connectivity index (χ3n) is 3.67. The van der Waals surface area contributed by atoms with Crippen molar-refractivity contribution in [3.63, 3.8) is 0 Å².